The zero-order valence-corrected chi connectivity index (χ0v) is 9.76. The first-order valence-corrected chi connectivity index (χ1v) is 5.64. The maximum absolute atomic E-state index is 11.6. The van der Waals surface area contributed by atoms with Crippen LogP contribution in [0.3, 0.4) is 0 Å². The van der Waals surface area contributed by atoms with Crippen LogP contribution in [0.15, 0.2) is 47.5 Å². The van der Waals surface area contributed by atoms with Gasteiger partial charge in [-0.3, -0.25) is 9.78 Å². The second kappa shape index (κ2) is 5.30. The molecule has 0 radical (unpaired) electrons. The van der Waals surface area contributed by atoms with Gasteiger partial charge in [0.25, 0.3) is 5.56 Å². The minimum absolute atomic E-state index is 0.0110. The fraction of sp³-hybridized carbons (Fsp3) is 0.231. The zero-order chi connectivity index (χ0) is 12.1. The van der Waals surface area contributed by atoms with E-state index in [0.717, 1.165) is 17.9 Å². The van der Waals surface area contributed by atoms with Crippen LogP contribution in [0.25, 0.3) is 0 Å². The number of rotatable bonds is 4. The molecule has 0 aliphatic rings. The predicted molar refractivity (Wildman–Crippen MR) is 68.2 cm³/mol. The molecule has 4 heteroatoms. The fourth-order valence-corrected chi connectivity index (χ4v) is 1.64. The van der Waals surface area contributed by atoms with Gasteiger partial charge in [-0.1, -0.05) is 6.07 Å². The van der Waals surface area contributed by atoms with Gasteiger partial charge in [0.1, 0.15) is 0 Å². The Morgan fingerprint density at radius 2 is 2.24 bits per heavy atom. The Labute approximate surface area is 99.9 Å². The largest absolute Gasteiger partial charge is 0.385 e. The second-order valence-corrected chi connectivity index (χ2v) is 3.73. The van der Waals surface area contributed by atoms with Crippen LogP contribution in [-0.4, -0.2) is 16.1 Å². The summed E-state index contributed by atoms with van der Waals surface area (Å²) in [6, 6.07) is 9.01. The molecule has 0 spiro atoms. The minimum atomic E-state index is -0.0110. The lowest BCUT2D eigenvalue weighted by atomic mass is 10.3. The molecule has 0 fully saturated rings. The maximum Gasteiger partial charge on any atom is 0.250 e. The number of hydrogen-bond donors (Lipinski definition) is 1. The van der Waals surface area contributed by atoms with Crippen molar-refractivity contribution in [2.24, 2.45) is 0 Å². The summed E-state index contributed by atoms with van der Waals surface area (Å²) in [7, 11) is 0. The summed E-state index contributed by atoms with van der Waals surface area (Å²) in [5.41, 5.74) is 1.89. The fourth-order valence-electron chi connectivity index (χ4n) is 1.64. The Balaban J connectivity index is 2.21. The van der Waals surface area contributed by atoms with Crippen LogP contribution in [0, 0.1) is 0 Å². The highest BCUT2D eigenvalue weighted by Gasteiger charge is 1.99. The van der Waals surface area contributed by atoms with Crippen molar-refractivity contribution in [3.63, 3.8) is 0 Å². The molecule has 0 atom stereocenters. The van der Waals surface area contributed by atoms with E-state index in [2.05, 4.69) is 10.3 Å². The Bertz CT molecular complexity index is 548. The Hall–Kier alpha value is -2.10. The van der Waals surface area contributed by atoms with Gasteiger partial charge in [0.05, 0.1) is 12.2 Å². The third kappa shape index (κ3) is 2.93. The van der Waals surface area contributed by atoms with Crippen molar-refractivity contribution < 1.29 is 0 Å². The van der Waals surface area contributed by atoms with Crippen LogP contribution >= 0.6 is 0 Å². The van der Waals surface area contributed by atoms with Crippen LogP contribution < -0.4 is 10.9 Å². The van der Waals surface area contributed by atoms with Crippen LogP contribution in [0.1, 0.15) is 12.6 Å². The van der Waals surface area contributed by atoms with Gasteiger partial charge in [0, 0.05) is 30.7 Å². The Morgan fingerprint density at radius 3 is 3.00 bits per heavy atom. The molecule has 0 saturated heterocycles. The molecule has 2 heterocycles. The van der Waals surface area contributed by atoms with Crippen molar-refractivity contribution in [3.05, 3.63) is 58.8 Å². The van der Waals surface area contributed by atoms with E-state index in [4.69, 9.17) is 0 Å². The van der Waals surface area contributed by atoms with Gasteiger partial charge in [0.2, 0.25) is 0 Å². The van der Waals surface area contributed by atoms with Gasteiger partial charge in [-0.2, -0.15) is 0 Å². The first-order chi connectivity index (χ1) is 8.29. The number of anilines is 1. The van der Waals surface area contributed by atoms with Crippen molar-refractivity contribution in [2.75, 3.05) is 11.9 Å². The monoisotopic (exact) mass is 229 g/mol. The summed E-state index contributed by atoms with van der Waals surface area (Å²) in [4.78, 5) is 15.8. The summed E-state index contributed by atoms with van der Waals surface area (Å²) in [6.07, 6.45) is 3.52. The first kappa shape index (κ1) is 11.4. The van der Waals surface area contributed by atoms with Gasteiger partial charge in [-0.05, 0) is 25.1 Å². The van der Waals surface area contributed by atoms with Crippen LogP contribution in [-0.2, 0) is 6.54 Å². The highest BCUT2D eigenvalue weighted by atomic mass is 16.1. The highest BCUT2D eigenvalue weighted by molar-refractivity contribution is 5.42. The van der Waals surface area contributed by atoms with Crippen molar-refractivity contribution in [3.8, 4) is 0 Å². The lowest BCUT2D eigenvalue weighted by molar-refractivity contribution is 0.740. The molecule has 1 N–H and O–H groups in total. The van der Waals surface area contributed by atoms with Crippen LogP contribution in [0.5, 0.6) is 0 Å². The van der Waals surface area contributed by atoms with Gasteiger partial charge in [-0.25, -0.2) is 0 Å². The predicted octanol–water partition coefficient (Wildman–Crippen LogP) is 1.72. The number of hydrogen-bond acceptors (Lipinski definition) is 3. The van der Waals surface area contributed by atoms with Gasteiger partial charge in [0.15, 0.2) is 0 Å². The summed E-state index contributed by atoms with van der Waals surface area (Å²) in [5, 5.41) is 3.22. The Kier molecular flexibility index (Phi) is 3.55. The smallest absolute Gasteiger partial charge is 0.250 e. The molecular weight excluding hydrogens is 214 g/mol. The van der Waals surface area contributed by atoms with E-state index in [1.165, 1.54) is 0 Å². The molecule has 88 valence electrons. The van der Waals surface area contributed by atoms with E-state index in [-0.39, 0.29) is 5.56 Å². The third-order valence-electron chi connectivity index (χ3n) is 2.43. The molecule has 2 aromatic heterocycles. The van der Waals surface area contributed by atoms with Crippen LogP contribution in [0.2, 0.25) is 0 Å². The number of pyridine rings is 2. The molecule has 0 amide bonds. The highest BCUT2D eigenvalue weighted by Crippen LogP contribution is 2.08. The van der Waals surface area contributed by atoms with Gasteiger partial charge in [-0.15, -0.1) is 0 Å². The van der Waals surface area contributed by atoms with Crippen molar-refractivity contribution in [1.29, 1.82) is 0 Å². The maximum atomic E-state index is 11.6. The lowest BCUT2D eigenvalue weighted by Gasteiger charge is -2.07. The zero-order valence-electron chi connectivity index (χ0n) is 9.76. The topological polar surface area (TPSA) is 46.9 Å². The lowest BCUT2D eigenvalue weighted by Crippen LogP contribution is -2.18. The number of nitrogens with zero attached hydrogens (tertiary/aromatic N) is 2. The minimum Gasteiger partial charge on any atom is -0.385 e. The molecule has 0 unspecified atom stereocenters. The van der Waals surface area contributed by atoms with Crippen molar-refractivity contribution >= 4 is 5.69 Å². The molecule has 0 aliphatic carbocycles. The SMILES string of the molecule is CCNc1ccnc(Cn2ccccc2=O)c1. The molecular formula is C13H15N3O. The van der Waals surface area contributed by atoms with E-state index in [9.17, 15) is 4.79 Å². The van der Waals surface area contributed by atoms with E-state index in [0.29, 0.717) is 6.54 Å². The van der Waals surface area contributed by atoms with Crippen LogP contribution in [0.4, 0.5) is 5.69 Å². The third-order valence-corrected chi connectivity index (χ3v) is 2.43. The first-order valence-electron chi connectivity index (χ1n) is 5.64. The molecule has 0 aliphatic heterocycles. The van der Waals surface area contributed by atoms with E-state index in [1.54, 1.807) is 29.1 Å². The molecule has 17 heavy (non-hydrogen) atoms. The number of nitrogens with one attached hydrogen (secondary N) is 1. The normalized spacial score (nSPS) is 10.2. The van der Waals surface area contributed by atoms with Crippen molar-refractivity contribution in [2.45, 2.75) is 13.5 Å². The number of aromatic nitrogens is 2. The molecule has 2 rings (SSSR count). The molecule has 4 nitrogen and oxygen atoms in total. The Morgan fingerprint density at radius 1 is 1.35 bits per heavy atom. The van der Waals surface area contributed by atoms with E-state index >= 15 is 0 Å². The van der Waals surface area contributed by atoms with E-state index < -0.39 is 0 Å². The molecule has 2 aromatic rings. The van der Waals surface area contributed by atoms with Gasteiger partial charge < -0.3 is 9.88 Å². The molecule has 0 bridgehead atoms. The summed E-state index contributed by atoms with van der Waals surface area (Å²) < 4.78 is 1.64. The second-order valence-electron chi connectivity index (χ2n) is 3.73. The van der Waals surface area contributed by atoms with Gasteiger partial charge >= 0.3 is 0 Å². The average molecular weight is 229 g/mol. The standard InChI is InChI=1S/C13H15N3O/c1-2-14-11-6-7-15-12(9-11)10-16-8-4-3-5-13(16)17/h3-9H,2,10H2,1H3,(H,14,15). The molecule has 0 aromatic carbocycles. The average Bonchev–Trinajstić information content (AvgIpc) is 2.33. The van der Waals surface area contributed by atoms with Crippen molar-refractivity contribution in [1.82, 2.24) is 9.55 Å². The molecule has 0 saturated carbocycles. The summed E-state index contributed by atoms with van der Waals surface area (Å²) in [6.45, 7) is 3.41. The quantitative estimate of drug-likeness (QED) is 0.868. The summed E-state index contributed by atoms with van der Waals surface area (Å²) in [5.74, 6) is 0. The summed E-state index contributed by atoms with van der Waals surface area (Å²) >= 11 is 0. The van der Waals surface area contributed by atoms with E-state index in [1.807, 2.05) is 25.1 Å².